The first-order chi connectivity index (χ1) is 5.65. The Bertz CT molecular complexity index is 337. The summed E-state index contributed by atoms with van der Waals surface area (Å²) in [5.41, 5.74) is 0.421. The van der Waals surface area contributed by atoms with Crippen molar-refractivity contribution in [2.45, 2.75) is 0 Å². The number of aromatic hydroxyl groups is 1. The van der Waals surface area contributed by atoms with E-state index in [2.05, 4.69) is 17.9 Å². The van der Waals surface area contributed by atoms with E-state index in [4.69, 9.17) is 5.11 Å². The van der Waals surface area contributed by atoms with Crippen LogP contribution in [-0.4, -0.2) is 14.6 Å². The number of nitro benzene ring substituents is 1. The number of nitrogens with zero attached hydrogens (tertiary/aromatic N) is 1. The number of rotatable bonds is 2. The molecule has 1 rings (SSSR count). The van der Waals surface area contributed by atoms with Crippen LogP contribution in [0.15, 0.2) is 18.2 Å². The average molecular weight is 252 g/mol. The quantitative estimate of drug-likeness (QED) is 0.485. The second-order valence-electron chi connectivity index (χ2n) is 2.10. The molecule has 5 heteroatoms. The molecule has 0 unspecified atom stereocenters. The molecule has 0 radical (unpaired) electrons. The summed E-state index contributed by atoms with van der Waals surface area (Å²) in [6.45, 7) is 0. The molecule has 0 heterocycles. The second-order valence-corrected chi connectivity index (χ2v) is 2.60. The molecular formula is C7H5NO3Ru+. The van der Waals surface area contributed by atoms with E-state index in [0.29, 0.717) is 5.56 Å². The van der Waals surface area contributed by atoms with Crippen LogP contribution >= 0.6 is 0 Å². The molecule has 1 aromatic carbocycles. The van der Waals surface area contributed by atoms with Crippen LogP contribution in [0.3, 0.4) is 0 Å². The molecule has 0 spiro atoms. The van der Waals surface area contributed by atoms with Crippen LogP contribution in [0.5, 0.6) is 5.75 Å². The van der Waals surface area contributed by atoms with E-state index in [-0.39, 0.29) is 11.4 Å². The predicted molar refractivity (Wildman–Crippen MR) is 39.9 cm³/mol. The Kier molecular flexibility index (Phi) is 2.66. The van der Waals surface area contributed by atoms with Crippen LogP contribution in [-0.2, 0) is 17.9 Å². The van der Waals surface area contributed by atoms with Gasteiger partial charge in [-0.1, -0.05) is 0 Å². The van der Waals surface area contributed by atoms with Gasteiger partial charge in [0.15, 0.2) is 0 Å². The third-order valence-corrected chi connectivity index (χ3v) is 1.87. The van der Waals surface area contributed by atoms with Crippen molar-refractivity contribution in [3.63, 3.8) is 0 Å². The van der Waals surface area contributed by atoms with Crippen molar-refractivity contribution in [3.8, 4) is 5.75 Å². The van der Waals surface area contributed by atoms with Gasteiger partial charge in [-0.15, -0.1) is 0 Å². The van der Waals surface area contributed by atoms with Gasteiger partial charge in [0.25, 0.3) is 0 Å². The molecule has 0 aliphatic carbocycles. The molecule has 12 heavy (non-hydrogen) atoms. The van der Waals surface area contributed by atoms with Crippen molar-refractivity contribution in [2.75, 3.05) is 0 Å². The zero-order valence-corrected chi connectivity index (χ0v) is 7.61. The molecule has 1 N–H and O–H groups in total. The van der Waals surface area contributed by atoms with Crippen LogP contribution in [0.2, 0.25) is 0 Å². The fourth-order valence-electron chi connectivity index (χ4n) is 0.737. The molecule has 4 nitrogen and oxygen atoms in total. The number of non-ortho nitro benzene ring substituents is 1. The third kappa shape index (κ3) is 1.74. The van der Waals surface area contributed by atoms with Crippen LogP contribution in [0.1, 0.15) is 5.56 Å². The first-order valence-corrected chi connectivity index (χ1v) is 4.05. The number of phenolic OH excluding ortho intramolecular Hbond substituents is 1. The van der Waals surface area contributed by atoms with Gasteiger partial charge in [-0.05, 0) is 0 Å². The van der Waals surface area contributed by atoms with Gasteiger partial charge in [-0.2, -0.15) is 0 Å². The Morgan fingerprint density at radius 3 is 2.75 bits per heavy atom. The molecule has 0 amide bonds. The topological polar surface area (TPSA) is 63.4 Å². The fourth-order valence-corrected chi connectivity index (χ4v) is 1.14. The standard InChI is InChI=1S/C7H5NO3.Ru/c1-5-4-6(8(10)11)2-3-7(5)9;/h1-4,9H;/q;+1. The zero-order valence-electron chi connectivity index (χ0n) is 5.87. The number of benzene rings is 1. The van der Waals surface area contributed by atoms with Crippen molar-refractivity contribution < 1.29 is 27.9 Å². The Morgan fingerprint density at radius 2 is 2.25 bits per heavy atom. The van der Waals surface area contributed by atoms with E-state index < -0.39 is 4.92 Å². The number of hydrogen-bond acceptors (Lipinski definition) is 3. The summed E-state index contributed by atoms with van der Waals surface area (Å²) in [5.74, 6) is 0.0409. The van der Waals surface area contributed by atoms with Crippen LogP contribution in [0.25, 0.3) is 0 Å². The molecule has 63 valence electrons. The van der Waals surface area contributed by atoms with Crippen molar-refractivity contribution in [1.82, 2.24) is 0 Å². The maximum atomic E-state index is 10.3. The van der Waals surface area contributed by atoms with Crippen molar-refractivity contribution in [3.05, 3.63) is 33.9 Å². The Hall–Kier alpha value is -1.09. The Balaban J connectivity index is 3.22. The Labute approximate surface area is 78.2 Å². The SMILES string of the molecule is O=[N+]([O-])c1ccc(O)c([CH]=[Ru+])c1. The molecule has 0 bridgehead atoms. The molecule has 0 saturated carbocycles. The summed E-state index contributed by atoms with van der Waals surface area (Å²) in [7, 11) is 0. The normalized spacial score (nSPS) is 9.33. The number of hydrogen-bond donors (Lipinski definition) is 1. The maximum absolute atomic E-state index is 10.3. The Morgan fingerprint density at radius 1 is 1.58 bits per heavy atom. The van der Waals surface area contributed by atoms with Gasteiger partial charge in [0.2, 0.25) is 0 Å². The number of nitro groups is 1. The second kappa shape index (κ2) is 3.54. The molecular weight excluding hydrogens is 247 g/mol. The van der Waals surface area contributed by atoms with Crippen LogP contribution in [0.4, 0.5) is 5.69 Å². The van der Waals surface area contributed by atoms with E-state index in [1.807, 2.05) is 0 Å². The first-order valence-electron chi connectivity index (χ1n) is 3.04. The molecule has 1 aromatic rings. The van der Waals surface area contributed by atoms with Gasteiger partial charge < -0.3 is 0 Å². The van der Waals surface area contributed by atoms with Gasteiger partial charge in [-0.3, -0.25) is 0 Å². The summed E-state index contributed by atoms with van der Waals surface area (Å²) in [6, 6.07) is 3.87. The van der Waals surface area contributed by atoms with E-state index >= 15 is 0 Å². The summed E-state index contributed by atoms with van der Waals surface area (Å²) < 4.78 is 1.54. The van der Waals surface area contributed by atoms with Crippen molar-refractivity contribution >= 4 is 10.3 Å². The monoisotopic (exact) mass is 253 g/mol. The van der Waals surface area contributed by atoms with E-state index in [1.165, 1.54) is 18.2 Å². The number of phenols is 1. The van der Waals surface area contributed by atoms with Crippen molar-refractivity contribution in [1.29, 1.82) is 0 Å². The summed E-state index contributed by atoms with van der Waals surface area (Å²) in [4.78, 5) is 9.78. The first kappa shape index (κ1) is 9.01. The van der Waals surface area contributed by atoms with E-state index in [9.17, 15) is 10.1 Å². The molecule has 0 aliphatic heterocycles. The minimum atomic E-state index is -0.501. The molecule has 0 saturated heterocycles. The van der Waals surface area contributed by atoms with Gasteiger partial charge >= 0.3 is 77.8 Å². The van der Waals surface area contributed by atoms with Gasteiger partial charge in [0.1, 0.15) is 0 Å². The average Bonchev–Trinajstić information content (AvgIpc) is 2.05. The fraction of sp³-hybridized carbons (Fsp3) is 0. The summed E-state index contributed by atoms with van der Waals surface area (Å²) >= 11 is 2.18. The van der Waals surface area contributed by atoms with Gasteiger partial charge in [0, 0.05) is 0 Å². The third-order valence-electron chi connectivity index (χ3n) is 1.33. The van der Waals surface area contributed by atoms with Crippen LogP contribution in [0, 0.1) is 10.1 Å². The molecule has 0 aromatic heterocycles. The molecule has 0 aliphatic rings. The summed E-state index contributed by atoms with van der Waals surface area (Å²) in [5, 5.41) is 19.4. The minimum absolute atomic E-state index is 0.0243. The van der Waals surface area contributed by atoms with E-state index in [1.54, 1.807) is 4.61 Å². The summed E-state index contributed by atoms with van der Waals surface area (Å²) in [6.07, 6.45) is 0. The van der Waals surface area contributed by atoms with Crippen LogP contribution < -0.4 is 0 Å². The molecule has 0 atom stereocenters. The molecule has 0 fully saturated rings. The van der Waals surface area contributed by atoms with Gasteiger partial charge in [0.05, 0.1) is 0 Å². The zero-order chi connectivity index (χ0) is 9.14. The van der Waals surface area contributed by atoms with Gasteiger partial charge in [-0.25, -0.2) is 0 Å². The van der Waals surface area contributed by atoms with E-state index in [0.717, 1.165) is 0 Å². The predicted octanol–water partition coefficient (Wildman–Crippen LogP) is 0.998. The van der Waals surface area contributed by atoms with Crippen molar-refractivity contribution in [2.24, 2.45) is 0 Å².